The Morgan fingerprint density at radius 2 is 1.93 bits per heavy atom. The third kappa shape index (κ3) is 1.94. The molecule has 2 nitrogen and oxygen atoms in total. The van der Waals surface area contributed by atoms with Gasteiger partial charge in [0.1, 0.15) is 5.15 Å². The van der Waals surface area contributed by atoms with Crippen molar-refractivity contribution in [1.82, 2.24) is 9.97 Å². The average molecular weight is 270 g/mol. The lowest BCUT2D eigenvalue weighted by atomic mass is 10.1. The molecule has 0 aliphatic rings. The number of hydrogen-bond donors (Lipinski definition) is 0. The van der Waals surface area contributed by atoms with Crippen molar-refractivity contribution >= 4 is 27.5 Å². The zero-order valence-corrected chi connectivity index (χ0v) is 9.46. The van der Waals surface area contributed by atoms with Gasteiger partial charge in [-0.2, -0.15) is 0 Å². The van der Waals surface area contributed by atoms with Crippen molar-refractivity contribution < 1.29 is 0 Å². The van der Waals surface area contributed by atoms with Crippen LogP contribution in [0.25, 0.3) is 11.1 Å². The van der Waals surface area contributed by atoms with Crippen molar-refractivity contribution in [3.63, 3.8) is 0 Å². The van der Waals surface area contributed by atoms with Crippen molar-refractivity contribution in [3.8, 4) is 11.1 Å². The summed E-state index contributed by atoms with van der Waals surface area (Å²) in [4.78, 5) is 8.00. The van der Waals surface area contributed by atoms with Gasteiger partial charge in [0.05, 0.1) is 0 Å². The number of nitrogens with zero attached hydrogens (tertiary/aromatic N) is 2. The molecule has 0 amide bonds. The van der Waals surface area contributed by atoms with Gasteiger partial charge in [-0.3, -0.25) is 4.98 Å². The Morgan fingerprint density at radius 1 is 1.21 bits per heavy atom. The highest BCUT2D eigenvalue weighted by Crippen LogP contribution is 2.27. The van der Waals surface area contributed by atoms with E-state index in [0.717, 1.165) is 15.6 Å². The summed E-state index contributed by atoms with van der Waals surface area (Å²) in [6.45, 7) is 0. The van der Waals surface area contributed by atoms with Gasteiger partial charge in [0, 0.05) is 28.6 Å². The van der Waals surface area contributed by atoms with Crippen LogP contribution in [0.15, 0.2) is 41.3 Å². The van der Waals surface area contributed by atoms with Crippen molar-refractivity contribution in [3.05, 3.63) is 46.4 Å². The molecule has 2 aromatic rings. The maximum atomic E-state index is 5.98. The van der Waals surface area contributed by atoms with E-state index in [9.17, 15) is 0 Å². The molecule has 0 N–H and O–H groups in total. The van der Waals surface area contributed by atoms with E-state index in [2.05, 4.69) is 25.9 Å². The molecule has 0 atom stereocenters. The Hall–Kier alpha value is -0.930. The highest BCUT2D eigenvalue weighted by molar-refractivity contribution is 9.10. The SMILES string of the molecule is Clc1ncc(Br)cc1-c1ccncc1. The Balaban J connectivity index is 2.57. The summed E-state index contributed by atoms with van der Waals surface area (Å²) in [7, 11) is 0. The second-order valence-electron chi connectivity index (χ2n) is 2.73. The number of pyridine rings is 2. The third-order valence-electron chi connectivity index (χ3n) is 1.80. The molecule has 2 rings (SSSR count). The van der Waals surface area contributed by atoms with Crippen molar-refractivity contribution in [2.75, 3.05) is 0 Å². The van der Waals surface area contributed by atoms with Gasteiger partial charge in [-0.25, -0.2) is 4.98 Å². The Bertz CT molecular complexity index is 445. The normalized spacial score (nSPS) is 10.1. The van der Waals surface area contributed by atoms with Crippen molar-refractivity contribution in [2.24, 2.45) is 0 Å². The van der Waals surface area contributed by atoms with Gasteiger partial charge >= 0.3 is 0 Å². The molecular formula is C10H6BrClN2. The molecule has 70 valence electrons. The largest absolute Gasteiger partial charge is 0.265 e. The molecule has 2 aromatic heterocycles. The highest BCUT2D eigenvalue weighted by Gasteiger charge is 2.04. The maximum absolute atomic E-state index is 5.98. The topological polar surface area (TPSA) is 25.8 Å². The Labute approximate surface area is 95.1 Å². The van der Waals surface area contributed by atoms with Crippen LogP contribution < -0.4 is 0 Å². The summed E-state index contributed by atoms with van der Waals surface area (Å²) in [6.07, 6.45) is 5.13. The Kier molecular flexibility index (Phi) is 2.79. The van der Waals surface area contributed by atoms with Gasteiger partial charge in [0.15, 0.2) is 0 Å². The Morgan fingerprint density at radius 3 is 2.64 bits per heavy atom. The predicted octanol–water partition coefficient (Wildman–Crippen LogP) is 3.56. The van der Waals surface area contributed by atoms with Gasteiger partial charge in [0.2, 0.25) is 0 Å². The molecule has 0 fully saturated rings. The van der Waals surface area contributed by atoms with Crippen LogP contribution in [0.2, 0.25) is 5.15 Å². The number of rotatable bonds is 1. The molecule has 0 bridgehead atoms. The molecule has 0 aliphatic carbocycles. The molecule has 2 heterocycles. The van der Waals surface area contributed by atoms with E-state index in [1.54, 1.807) is 18.6 Å². The average Bonchev–Trinajstić information content (AvgIpc) is 2.23. The molecule has 0 radical (unpaired) electrons. The van der Waals surface area contributed by atoms with Gasteiger partial charge in [0.25, 0.3) is 0 Å². The molecule has 0 spiro atoms. The first kappa shape index (κ1) is 9.62. The molecular weight excluding hydrogens is 263 g/mol. The van der Waals surface area contributed by atoms with E-state index in [4.69, 9.17) is 11.6 Å². The molecule has 0 unspecified atom stereocenters. The smallest absolute Gasteiger partial charge is 0.136 e. The van der Waals surface area contributed by atoms with Crippen molar-refractivity contribution in [1.29, 1.82) is 0 Å². The highest BCUT2D eigenvalue weighted by atomic mass is 79.9. The fourth-order valence-electron chi connectivity index (χ4n) is 1.16. The van der Waals surface area contributed by atoms with E-state index in [1.165, 1.54) is 0 Å². The summed E-state index contributed by atoms with van der Waals surface area (Å²) in [5.74, 6) is 0. The van der Waals surface area contributed by atoms with E-state index in [0.29, 0.717) is 5.15 Å². The van der Waals surface area contributed by atoms with E-state index in [1.807, 2.05) is 18.2 Å². The van der Waals surface area contributed by atoms with E-state index in [-0.39, 0.29) is 0 Å². The summed E-state index contributed by atoms with van der Waals surface area (Å²) >= 11 is 9.34. The molecule has 14 heavy (non-hydrogen) atoms. The molecule has 4 heteroatoms. The van der Waals surface area contributed by atoms with Gasteiger partial charge in [-0.15, -0.1) is 0 Å². The lowest BCUT2D eigenvalue weighted by Gasteiger charge is -2.03. The third-order valence-corrected chi connectivity index (χ3v) is 2.53. The van der Waals surface area contributed by atoms with E-state index >= 15 is 0 Å². The van der Waals surface area contributed by atoms with Crippen molar-refractivity contribution in [2.45, 2.75) is 0 Å². The van der Waals surface area contributed by atoms with E-state index < -0.39 is 0 Å². The maximum Gasteiger partial charge on any atom is 0.136 e. The second-order valence-corrected chi connectivity index (χ2v) is 4.00. The summed E-state index contributed by atoms with van der Waals surface area (Å²) in [5.41, 5.74) is 1.92. The first-order valence-corrected chi connectivity index (χ1v) is 5.16. The fraction of sp³-hybridized carbons (Fsp3) is 0. The summed E-state index contributed by atoms with van der Waals surface area (Å²) in [6, 6.07) is 5.73. The quantitative estimate of drug-likeness (QED) is 0.740. The minimum Gasteiger partial charge on any atom is -0.265 e. The van der Waals surface area contributed by atoms with Crippen LogP contribution in [-0.4, -0.2) is 9.97 Å². The summed E-state index contributed by atoms with van der Waals surface area (Å²) in [5, 5.41) is 0.499. The number of halogens is 2. The van der Waals surface area contributed by atoms with Gasteiger partial charge in [-0.05, 0) is 39.7 Å². The van der Waals surface area contributed by atoms with Crippen LogP contribution in [0.3, 0.4) is 0 Å². The molecule has 0 saturated heterocycles. The van der Waals surface area contributed by atoms with Crippen LogP contribution in [0.4, 0.5) is 0 Å². The van der Waals surface area contributed by atoms with Crippen LogP contribution >= 0.6 is 27.5 Å². The van der Waals surface area contributed by atoms with Crippen LogP contribution in [0, 0.1) is 0 Å². The fourth-order valence-corrected chi connectivity index (χ4v) is 1.70. The van der Waals surface area contributed by atoms with Gasteiger partial charge < -0.3 is 0 Å². The second kappa shape index (κ2) is 4.07. The molecule has 0 aliphatic heterocycles. The van der Waals surface area contributed by atoms with Gasteiger partial charge in [-0.1, -0.05) is 11.6 Å². The number of aromatic nitrogens is 2. The zero-order chi connectivity index (χ0) is 9.97. The minimum absolute atomic E-state index is 0.499. The molecule has 0 aromatic carbocycles. The van der Waals surface area contributed by atoms with Crippen LogP contribution in [0.1, 0.15) is 0 Å². The number of hydrogen-bond acceptors (Lipinski definition) is 2. The first-order chi connectivity index (χ1) is 6.77. The zero-order valence-electron chi connectivity index (χ0n) is 7.11. The summed E-state index contributed by atoms with van der Waals surface area (Å²) < 4.78 is 0.911. The van der Waals surface area contributed by atoms with Crippen LogP contribution in [0.5, 0.6) is 0 Å². The monoisotopic (exact) mass is 268 g/mol. The predicted molar refractivity (Wildman–Crippen MR) is 60.2 cm³/mol. The first-order valence-electron chi connectivity index (χ1n) is 3.99. The molecule has 0 saturated carbocycles. The standard InChI is InChI=1S/C10H6BrClN2/c11-8-5-9(10(12)14-6-8)7-1-3-13-4-2-7/h1-6H. The minimum atomic E-state index is 0.499. The van der Waals surface area contributed by atoms with Crippen LogP contribution in [-0.2, 0) is 0 Å². The lowest BCUT2D eigenvalue weighted by molar-refractivity contribution is 1.29. The lowest BCUT2D eigenvalue weighted by Crippen LogP contribution is -1.83.